The second-order valence-electron chi connectivity index (χ2n) is 6.98. The molecule has 148 valence electrons. The second kappa shape index (κ2) is 9.41. The summed E-state index contributed by atoms with van der Waals surface area (Å²) >= 11 is 7.21. The van der Waals surface area contributed by atoms with Crippen molar-refractivity contribution in [3.63, 3.8) is 0 Å². The van der Waals surface area contributed by atoms with Crippen molar-refractivity contribution in [2.24, 2.45) is 0 Å². The second-order valence-corrected chi connectivity index (χ2v) is 8.69. The third kappa shape index (κ3) is 5.05. The summed E-state index contributed by atoms with van der Waals surface area (Å²) < 4.78 is 13.0. The quantitative estimate of drug-likeness (QED) is 0.540. The van der Waals surface area contributed by atoms with E-state index in [1.165, 1.54) is 0 Å². The molecule has 0 radical (unpaired) electrons. The number of benzene rings is 2. The van der Waals surface area contributed by atoms with Crippen LogP contribution in [0.4, 0.5) is 0 Å². The summed E-state index contributed by atoms with van der Waals surface area (Å²) in [5.41, 5.74) is 4.09. The van der Waals surface area contributed by atoms with E-state index in [0.29, 0.717) is 0 Å². The van der Waals surface area contributed by atoms with E-state index in [9.17, 15) is 0 Å². The normalized spacial score (nSPS) is 11.6. The summed E-state index contributed by atoms with van der Waals surface area (Å²) in [5, 5.41) is 18.0. The number of aliphatic hydroxyl groups excluding tert-OH is 2. The first-order valence-corrected chi connectivity index (χ1v) is 10.4. The Morgan fingerprint density at radius 3 is 1.44 bits per heavy atom. The Hall–Kier alpha value is -1.08. The minimum atomic E-state index is -0.244. The Morgan fingerprint density at radius 1 is 0.778 bits per heavy atom. The molecule has 0 saturated heterocycles. The number of hydrogen-bond acceptors (Lipinski definition) is 4. The van der Waals surface area contributed by atoms with Crippen molar-refractivity contribution in [1.82, 2.24) is 0 Å². The predicted molar refractivity (Wildman–Crippen MR) is 115 cm³/mol. The van der Waals surface area contributed by atoms with Gasteiger partial charge in [-0.3, -0.25) is 0 Å². The maximum atomic E-state index is 9.00. The molecule has 2 aromatic carbocycles. The van der Waals surface area contributed by atoms with Gasteiger partial charge in [0.1, 0.15) is 24.7 Å². The van der Waals surface area contributed by atoms with E-state index in [1.54, 1.807) is 0 Å². The number of aliphatic hydroxyl groups is 2. The average molecular weight is 502 g/mol. The predicted octanol–water partition coefficient (Wildman–Crippen LogP) is 4.90. The maximum Gasteiger partial charge on any atom is 0.136 e. The Bertz CT molecular complexity index is 691. The highest BCUT2D eigenvalue weighted by Crippen LogP contribution is 2.41. The molecule has 0 aliphatic carbocycles. The Labute approximate surface area is 177 Å². The van der Waals surface area contributed by atoms with Gasteiger partial charge >= 0.3 is 0 Å². The molecule has 0 bridgehead atoms. The summed E-state index contributed by atoms with van der Waals surface area (Å²) in [6, 6.07) is 8.38. The van der Waals surface area contributed by atoms with Gasteiger partial charge in [-0.2, -0.15) is 0 Å². The van der Waals surface area contributed by atoms with Crippen molar-refractivity contribution >= 4 is 31.9 Å². The van der Waals surface area contributed by atoms with E-state index in [0.717, 1.165) is 42.7 Å². The van der Waals surface area contributed by atoms with Gasteiger partial charge in [0.2, 0.25) is 0 Å². The van der Waals surface area contributed by atoms with Crippen LogP contribution in [0.2, 0.25) is 0 Å². The van der Waals surface area contributed by atoms with Gasteiger partial charge in [0.15, 0.2) is 0 Å². The molecule has 2 N–H and O–H groups in total. The monoisotopic (exact) mass is 500 g/mol. The molecule has 0 amide bonds. The third-order valence-electron chi connectivity index (χ3n) is 4.58. The molecule has 2 aromatic rings. The molecule has 0 saturated carbocycles. The van der Waals surface area contributed by atoms with Crippen LogP contribution in [0.5, 0.6) is 11.5 Å². The summed E-state index contributed by atoms with van der Waals surface area (Å²) in [5.74, 6) is 1.52. The molecule has 0 unspecified atom stereocenters. The molecule has 0 heterocycles. The third-order valence-corrected chi connectivity index (χ3v) is 5.76. The number of halogens is 2. The van der Waals surface area contributed by atoms with Gasteiger partial charge in [0, 0.05) is 5.41 Å². The summed E-state index contributed by atoms with van der Waals surface area (Å²) in [6.07, 6.45) is 0. The van der Waals surface area contributed by atoms with Crippen LogP contribution in [-0.2, 0) is 5.41 Å². The van der Waals surface area contributed by atoms with Crippen molar-refractivity contribution in [3.05, 3.63) is 55.5 Å². The smallest absolute Gasteiger partial charge is 0.136 e. The number of ether oxygens (including phenoxy) is 2. The van der Waals surface area contributed by atoms with Crippen LogP contribution < -0.4 is 9.47 Å². The van der Waals surface area contributed by atoms with Crippen molar-refractivity contribution in [2.75, 3.05) is 26.4 Å². The summed E-state index contributed by atoms with van der Waals surface area (Å²) in [7, 11) is 0. The van der Waals surface area contributed by atoms with Crippen LogP contribution in [0.25, 0.3) is 0 Å². The highest BCUT2D eigenvalue weighted by molar-refractivity contribution is 9.10. The topological polar surface area (TPSA) is 58.9 Å². The molecule has 0 aliphatic rings. The van der Waals surface area contributed by atoms with Crippen molar-refractivity contribution < 1.29 is 19.7 Å². The van der Waals surface area contributed by atoms with Crippen LogP contribution in [0.3, 0.4) is 0 Å². The lowest BCUT2D eigenvalue weighted by atomic mass is 9.77. The van der Waals surface area contributed by atoms with Crippen LogP contribution in [0, 0.1) is 13.8 Å². The molecular weight excluding hydrogens is 476 g/mol. The largest absolute Gasteiger partial charge is 0.490 e. The maximum absolute atomic E-state index is 9.00. The van der Waals surface area contributed by atoms with Gasteiger partial charge in [-0.1, -0.05) is 26.0 Å². The van der Waals surface area contributed by atoms with E-state index >= 15 is 0 Å². The minimum Gasteiger partial charge on any atom is -0.490 e. The minimum absolute atomic E-state index is 0.0167. The van der Waals surface area contributed by atoms with Crippen LogP contribution in [0.15, 0.2) is 33.2 Å². The van der Waals surface area contributed by atoms with Crippen LogP contribution >= 0.6 is 31.9 Å². The fourth-order valence-electron chi connectivity index (χ4n) is 3.01. The lowest BCUT2D eigenvalue weighted by Crippen LogP contribution is -2.20. The molecule has 4 nitrogen and oxygen atoms in total. The Morgan fingerprint density at radius 2 is 1.15 bits per heavy atom. The van der Waals surface area contributed by atoms with Gasteiger partial charge in [-0.25, -0.2) is 0 Å². The molecule has 0 spiro atoms. The molecule has 2 rings (SSSR count). The fraction of sp³-hybridized carbons (Fsp3) is 0.429. The Balaban J connectivity index is 2.43. The number of hydrogen-bond donors (Lipinski definition) is 2. The SMILES string of the molecule is Cc1cc(C(C)(C)c2cc(C)c(OCCO)c(Br)c2)cc(Br)c1OCCO. The first-order chi connectivity index (χ1) is 12.7. The zero-order valence-corrected chi connectivity index (χ0v) is 19.3. The van der Waals surface area contributed by atoms with Crippen LogP contribution in [-0.4, -0.2) is 36.6 Å². The molecule has 0 fully saturated rings. The zero-order chi connectivity index (χ0) is 20.2. The van der Waals surface area contributed by atoms with Crippen molar-refractivity contribution in [1.29, 1.82) is 0 Å². The van der Waals surface area contributed by atoms with E-state index < -0.39 is 0 Å². The van der Waals surface area contributed by atoms with Gasteiger partial charge in [-0.15, -0.1) is 0 Å². The van der Waals surface area contributed by atoms with Crippen molar-refractivity contribution in [2.45, 2.75) is 33.1 Å². The summed E-state index contributed by atoms with van der Waals surface area (Å²) in [6.45, 7) is 8.87. The molecule has 27 heavy (non-hydrogen) atoms. The molecular formula is C21H26Br2O4. The number of aryl methyl sites for hydroxylation is 2. The highest BCUT2D eigenvalue weighted by atomic mass is 79.9. The van der Waals surface area contributed by atoms with Gasteiger partial charge < -0.3 is 19.7 Å². The lowest BCUT2D eigenvalue weighted by molar-refractivity contribution is 0.200. The van der Waals surface area contributed by atoms with Crippen LogP contribution in [0.1, 0.15) is 36.1 Å². The van der Waals surface area contributed by atoms with Gasteiger partial charge in [-0.05, 0) is 80.1 Å². The first kappa shape index (κ1) is 22.2. The standard InChI is InChI=1S/C21H26Br2O4/c1-13-9-15(11-17(22)19(13)26-7-5-24)21(3,4)16-10-14(2)20(18(23)12-16)27-8-6-25/h9-12,24-25H,5-8H2,1-4H3. The fourth-order valence-corrected chi connectivity index (χ4v) is 4.36. The van der Waals surface area contributed by atoms with E-state index in [4.69, 9.17) is 19.7 Å². The first-order valence-electron chi connectivity index (χ1n) is 8.81. The van der Waals surface area contributed by atoms with E-state index in [2.05, 4.69) is 70.0 Å². The average Bonchev–Trinajstić information content (AvgIpc) is 2.60. The van der Waals surface area contributed by atoms with E-state index in [-0.39, 0.29) is 31.8 Å². The molecule has 6 heteroatoms. The van der Waals surface area contributed by atoms with Gasteiger partial charge in [0.25, 0.3) is 0 Å². The molecule has 0 atom stereocenters. The lowest BCUT2D eigenvalue weighted by Gasteiger charge is -2.29. The van der Waals surface area contributed by atoms with Gasteiger partial charge in [0.05, 0.1) is 22.2 Å². The zero-order valence-electron chi connectivity index (χ0n) is 16.1. The molecule has 0 aromatic heterocycles. The van der Waals surface area contributed by atoms with Crippen molar-refractivity contribution in [3.8, 4) is 11.5 Å². The summed E-state index contributed by atoms with van der Waals surface area (Å²) in [4.78, 5) is 0. The highest BCUT2D eigenvalue weighted by Gasteiger charge is 2.26. The molecule has 0 aliphatic heterocycles. The Kier molecular flexibility index (Phi) is 7.74. The van der Waals surface area contributed by atoms with E-state index in [1.807, 2.05) is 13.8 Å². The number of rotatable bonds is 8.